The number of rotatable bonds is 3. The lowest BCUT2D eigenvalue weighted by Crippen LogP contribution is -2.36. The van der Waals surface area contributed by atoms with Crippen molar-refractivity contribution in [3.05, 3.63) is 0 Å². The molecule has 1 aliphatic carbocycles. The molecule has 2 rings (SSSR count). The van der Waals surface area contributed by atoms with Gasteiger partial charge in [0.15, 0.2) is 0 Å². The van der Waals surface area contributed by atoms with Crippen LogP contribution in [0.15, 0.2) is 0 Å². The third kappa shape index (κ3) is 1.86. The van der Waals surface area contributed by atoms with E-state index in [1.54, 1.807) is 0 Å². The summed E-state index contributed by atoms with van der Waals surface area (Å²) in [6.07, 6.45) is 3.28. The minimum Gasteiger partial charge on any atom is -0.339 e. The smallest absolute Gasteiger partial charge is 0.226 e. The number of hydrogen-bond acceptors (Lipinski definition) is 2. The van der Waals surface area contributed by atoms with E-state index in [4.69, 9.17) is 5.73 Å². The Labute approximate surface area is 98.4 Å². The minimum atomic E-state index is 0.288. The first kappa shape index (κ1) is 11.9. The van der Waals surface area contributed by atoms with Crippen molar-refractivity contribution in [1.82, 2.24) is 4.90 Å². The van der Waals surface area contributed by atoms with Gasteiger partial charge in [-0.3, -0.25) is 4.79 Å². The van der Waals surface area contributed by atoms with E-state index < -0.39 is 0 Å². The number of carbonyl (C=O) groups is 1. The summed E-state index contributed by atoms with van der Waals surface area (Å²) in [7, 11) is 0. The second-order valence-corrected chi connectivity index (χ2v) is 5.94. The van der Waals surface area contributed by atoms with Crippen LogP contribution >= 0.6 is 0 Å². The molecule has 1 saturated heterocycles. The maximum absolute atomic E-state index is 12.3. The van der Waals surface area contributed by atoms with Gasteiger partial charge in [0.1, 0.15) is 0 Å². The van der Waals surface area contributed by atoms with Gasteiger partial charge in [0.25, 0.3) is 0 Å². The molecule has 3 nitrogen and oxygen atoms in total. The Balaban J connectivity index is 1.97. The summed E-state index contributed by atoms with van der Waals surface area (Å²) in [5.41, 5.74) is 5.98. The summed E-state index contributed by atoms with van der Waals surface area (Å²) >= 11 is 0. The molecule has 3 heteroatoms. The fourth-order valence-corrected chi connectivity index (χ4v) is 3.00. The summed E-state index contributed by atoms with van der Waals surface area (Å²) in [6, 6.07) is 0.391. The Hall–Kier alpha value is -0.570. The standard InChI is InChI=1S/C13H24N2O/c1-4-13(3)6-11(13)12(16)15-8-10(7-14)5-9(15)2/h9-11H,4-8,14H2,1-3H3. The van der Waals surface area contributed by atoms with E-state index in [-0.39, 0.29) is 11.3 Å². The molecule has 2 N–H and O–H groups in total. The van der Waals surface area contributed by atoms with Gasteiger partial charge in [-0.1, -0.05) is 13.8 Å². The lowest BCUT2D eigenvalue weighted by molar-refractivity contribution is -0.134. The number of amides is 1. The molecule has 2 fully saturated rings. The van der Waals surface area contributed by atoms with Crippen molar-refractivity contribution in [2.45, 2.75) is 46.1 Å². The van der Waals surface area contributed by atoms with Crippen molar-refractivity contribution in [1.29, 1.82) is 0 Å². The maximum Gasteiger partial charge on any atom is 0.226 e. The van der Waals surface area contributed by atoms with E-state index in [0.717, 1.165) is 25.8 Å². The second kappa shape index (κ2) is 4.02. The first-order valence-electron chi connectivity index (χ1n) is 6.52. The van der Waals surface area contributed by atoms with Gasteiger partial charge in [0, 0.05) is 18.5 Å². The van der Waals surface area contributed by atoms with E-state index in [0.29, 0.717) is 24.4 Å². The van der Waals surface area contributed by atoms with Crippen molar-refractivity contribution >= 4 is 5.91 Å². The van der Waals surface area contributed by atoms with Gasteiger partial charge in [-0.05, 0) is 44.1 Å². The van der Waals surface area contributed by atoms with Crippen LogP contribution in [0.4, 0.5) is 0 Å². The van der Waals surface area contributed by atoms with Crippen LogP contribution in [0.2, 0.25) is 0 Å². The van der Waals surface area contributed by atoms with Crippen molar-refractivity contribution in [2.24, 2.45) is 23.0 Å². The number of nitrogens with zero attached hydrogens (tertiary/aromatic N) is 1. The summed E-state index contributed by atoms with van der Waals surface area (Å²) < 4.78 is 0. The van der Waals surface area contributed by atoms with Crippen LogP contribution in [0, 0.1) is 17.3 Å². The van der Waals surface area contributed by atoms with Crippen LogP contribution in [-0.4, -0.2) is 29.9 Å². The molecule has 92 valence electrons. The number of hydrogen-bond donors (Lipinski definition) is 1. The monoisotopic (exact) mass is 224 g/mol. The zero-order valence-corrected chi connectivity index (χ0v) is 10.7. The SMILES string of the molecule is CCC1(C)CC1C(=O)N1CC(CN)CC1C. The Morgan fingerprint density at radius 3 is 2.69 bits per heavy atom. The van der Waals surface area contributed by atoms with E-state index in [1.807, 2.05) is 0 Å². The molecule has 1 heterocycles. The number of carbonyl (C=O) groups excluding carboxylic acids is 1. The van der Waals surface area contributed by atoms with Crippen LogP contribution in [0.3, 0.4) is 0 Å². The molecule has 0 spiro atoms. The summed E-state index contributed by atoms with van der Waals surface area (Å²) in [6.45, 7) is 8.16. The van der Waals surface area contributed by atoms with Crippen LogP contribution in [0.25, 0.3) is 0 Å². The second-order valence-electron chi connectivity index (χ2n) is 5.94. The average Bonchev–Trinajstić information content (AvgIpc) is 2.81. The third-order valence-corrected chi connectivity index (χ3v) is 4.74. The predicted octanol–water partition coefficient (Wildman–Crippen LogP) is 1.62. The fourth-order valence-electron chi connectivity index (χ4n) is 3.00. The molecule has 2 aliphatic rings. The summed E-state index contributed by atoms with van der Waals surface area (Å²) in [5.74, 6) is 1.19. The molecule has 0 aromatic rings. The topological polar surface area (TPSA) is 46.3 Å². The summed E-state index contributed by atoms with van der Waals surface area (Å²) in [5, 5.41) is 0. The third-order valence-electron chi connectivity index (χ3n) is 4.74. The average molecular weight is 224 g/mol. The molecule has 16 heavy (non-hydrogen) atoms. The molecule has 4 unspecified atom stereocenters. The normalized spacial score (nSPS) is 42.5. The first-order chi connectivity index (χ1) is 7.51. The molecular weight excluding hydrogens is 200 g/mol. The number of likely N-dealkylation sites (tertiary alicyclic amines) is 1. The highest BCUT2D eigenvalue weighted by molar-refractivity contribution is 5.83. The molecule has 0 radical (unpaired) electrons. The van der Waals surface area contributed by atoms with E-state index >= 15 is 0 Å². The van der Waals surface area contributed by atoms with Gasteiger partial charge in [0.05, 0.1) is 0 Å². The lowest BCUT2D eigenvalue weighted by Gasteiger charge is -2.22. The molecule has 0 aromatic heterocycles. The molecule has 0 bridgehead atoms. The van der Waals surface area contributed by atoms with Crippen molar-refractivity contribution in [3.8, 4) is 0 Å². The van der Waals surface area contributed by atoms with Crippen LogP contribution in [0.5, 0.6) is 0 Å². The van der Waals surface area contributed by atoms with Crippen LogP contribution < -0.4 is 5.73 Å². The lowest BCUT2D eigenvalue weighted by atomic mass is 10.0. The highest BCUT2D eigenvalue weighted by Gasteiger charge is 2.55. The zero-order chi connectivity index (χ0) is 11.9. The quantitative estimate of drug-likeness (QED) is 0.792. The molecule has 0 aromatic carbocycles. The highest BCUT2D eigenvalue weighted by Crippen LogP contribution is 2.55. The van der Waals surface area contributed by atoms with Crippen LogP contribution in [0.1, 0.15) is 40.0 Å². The predicted molar refractivity (Wildman–Crippen MR) is 64.8 cm³/mol. The molecule has 1 amide bonds. The van der Waals surface area contributed by atoms with Crippen molar-refractivity contribution < 1.29 is 4.79 Å². The van der Waals surface area contributed by atoms with Gasteiger partial charge in [-0.2, -0.15) is 0 Å². The van der Waals surface area contributed by atoms with Gasteiger partial charge in [-0.25, -0.2) is 0 Å². The fraction of sp³-hybridized carbons (Fsp3) is 0.923. The van der Waals surface area contributed by atoms with Gasteiger partial charge in [-0.15, -0.1) is 0 Å². The van der Waals surface area contributed by atoms with Crippen molar-refractivity contribution in [2.75, 3.05) is 13.1 Å². The van der Waals surface area contributed by atoms with E-state index in [9.17, 15) is 4.79 Å². The van der Waals surface area contributed by atoms with Gasteiger partial charge >= 0.3 is 0 Å². The Morgan fingerprint density at radius 2 is 2.25 bits per heavy atom. The molecule has 4 atom stereocenters. The molecule has 1 saturated carbocycles. The number of nitrogens with two attached hydrogens (primary N) is 1. The highest BCUT2D eigenvalue weighted by atomic mass is 16.2. The molecule has 1 aliphatic heterocycles. The van der Waals surface area contributed by atoms with Gasteiger partial charge < -0.3 is 10.6 Å². The zero-order valence-electron chi connectivity index (χ0n) is 10.7. The Kier molecular flexibility index (Phi) is 2.99. The minimum absolute atomic E-state index is 0.288. The van der Waals surface area contributed by atoms with Crippen molar-refractivity contribution in [3.63, 3.8) is 0 Å². The van der Waals surface area contributed by atoms with Gasteiger partial charge in [0.2, 0.25) is 5.91 Å². The Bertz CT molecular complexity index is 292. The first-order valence-corrected chi connectivity index (χ1v) is 6.52. The maximum atomic E-state index is 12.3. The largest absolute Gasteiger partial charge is 0.339 e. The van der Waals surface area contributed by atoms with E-state index in [1.165, 1.54) is 0 Å². The molecular formula is C13H24N2O. The summed E-state index contributed by atoms with van der Waals surface area (Å²) in [4.78, 5) is 14.4. The Morgan fingerprint density at radius 1 is 1.56 bits per heavy atom. The van der Waals surface area contributed by atoms with Crippen LogP contribution in [-0.2, 0) is 4.79 Å². The van der Waals surface area contributed by atoms with E-state index in [2.05, 4.69) is 25.7 Å².